The lowest BCUT2D eigenvalue weighted by atomic mass is 9.95. The zero-order chi connectivity index (χ0) is 20.5. The minimum Gasteiger partial charge on any atom is -0.489 e. The van der Waals surface area contributed by atoms with Crippen molar-refractivity contribution >= 4 is 16.8 Å². The molecule has 3 aromatic rings. The number of ether oxygens (including phenoxy) is 1. The van der Waals surface area contributed by atoms with E-state index in [0.717, 1.165) is 22.9 Å². The van der Waals surface area contributed by atoms with Crippen molar-refractivity contribution in [3.8, 4) is 5.75 Å². The number of carbonyl (C=O) groups is 1. The summed E-state index contributed by atoms with van der Waals surface area (Å²) in [6, 6.07) is 7.29. The normalized spacial score (nSPS) is 17.0. The first kappa shape index (κ1) is 19.4. The highest BCUT2D eigenvalue weighted by molar-refractivity contribution is 5.95. The van der Waals surface area contributed by atoms with Crippen molar-refractivity contribution in [2.45, 2.75) is 25.8 Å². The van der Waals surface area contributed by atoms with E-state index < -0.39 is 11.7 Å². The third-order valence-electron chi connectivity index (χ3n) is 5.41. The van der Waals surface area contributed by atoms with Crippen LogP contribution in [0.1, 0.15) is 28.4 Å². The largest absolute Gasteiger partial charge is 0.489 e. The Morgan fingerprint density at radius 3 is 2.97 bits per heavy atom. The number of aromatic amines is 1. The molecule has 2 heterocycles. The molecule has 1 aliphatic rings. The van der Waals surface area contributed by atoms with Gasteiger partial charge in [-0.3, -0.25) is 4.79 Å². The quantitative estimate of drug-likeness (QED) is 0.595. The second kappa shape index (κ2) is 7.83. The summed E-state index contributed by atoms with van der Waals surface area (Å²) in [5.41, 5.74) is 8.21. The molecule has 4 N–H and O–H groups in total. The molecule has 0 fully saturated rings. The van der Waals surface area contributed by atoms with Crippen LogP contribution in [0.25, 0.3) is 10.9 Å². The van der Waals surface area contributed by atoms with Crippen LogP contribution in [0.5, 0.6) is 5.75 Å². The number of carbonyl (C=O) groups excluding carboxylic acids is 1. The van der Waals surface area contributed by atoms with Gasteiger partial charge in [0, 0.05) is 34.3 Å². The van der Waals surface area contributed by atoms with Gasteiger partial charge in [0.1, 0.15) is 12.4 Å². The second-order valence-corrected chi connectivity index (χ2v) is 7.70. The number of benzene rings is 2. The van der Waals surface area contributed by atoms with Gasteiger partial charge in [-0.25, -0.2) is 8.78 Å². The first-order valence-electron chi connectivity index (χ1n) is 9.65. The summed E-state index contributed by atoms with van der Waals surface area (Å²) < 4.78 is 33.1. The Morgan fingerprint density at radius 2 is 2.17 bits per heavy atom. The Labute approximate surface area is 167 Å². The number of nitrogens with two attached hydrogens (primary N) is 1. The van der Waals surface area contributed by atoms with Crippen LogP contribution in [0.4, 0.5) is 8.78 Å². The molecule has 0 aliphatic carbocycles. The van der Waals surface area contributed by atoms with Crippen molar-refractivity contribution in [1.82, 2.24) is 10.3 Å². The maximum atomic E-state index is 14.0. The van der Waals surface area contributed by atoms with Crippen LogP contribution in [0, 0.1) is 17.6 Å². The third-order valence-corrected chi connectivity index (χ3v) is 5.41. The van der Waals surface area contributed by atoms with Crippen molar-refractivity contribution in [3.05, 3.63) is 64.9 Å². The lowest BCUT2D eigenvalue weighted by molar-refractivity contribution is 0.0997. The monoisotopic (exact) mass is 399 g/mol. The van der Waals surface area contributed by atoms with E-state index in [4.69, 9.17) is 10.5 Å². The molecular weight excluding hydrogens is 376 g/mol. The molecule has 0 saturated carbocycles. The number of nitrogens with one attached hydrogen (secondary N) is 2. The molecular formula is C22H23F2N3O2. The van der Waals surface area contributed by atoms with Gasteiger partial charge in [0.05, 0.1) is 0 Å². The highest BCUT2D eigenvalue weighted by Crippen LogP contribution is 2.31. The van der Waals surface area contributed by atoms with E-state index in [-0.39, 0.29) is 23.5 Å². The number of primary amides is 1. The van der Waals surface area contributed by atoms with Crippen LogP contribution >= 0.6 is 0 Å². The van der Waals surface area contributed by atoms with Crippen molar-refractivity contribution in [2.24, 2.45) is 11.7 Å². The number of rotatable bonds is 6. The predicted molar refractivity (Wildman–Crippen MR) is 107 cm³/mol. The molecule has 29 heavy (non-hydrogen) atoms. The fourth-order valence-electron chi connectivity index (χ4n) is 3.94. The topological polar surface area (TPSA) is 80.1 Å². The van der Waals surface area contributed by atoms with Crippen LogP contribution < -0.4 is 15.8 Å². The molecule has 0 saturated heterocycles. The van der Waals surface area contributed by atoms with E-state index in [1.165, 1.54) is 18.2 Å². The van der Waals surface area contributed by atoms with E-state index in [1.54, 1.807) is 12.1 Å². The first-order valence-corrected chi connectivity index (χ1v) is 9.65. The van der Waals surface area contributed by atoms with E-state index in [9.17, 15) is 13.6 Å². The number of amides is 1. The van der Waals surface area contributed by atoms with Crippen LogP contribution in [0.2, 0.25) is 0 Å². The van der Waals surface area contributed by atoms with Gasteiger partial charge in [0.15, 0.2) is 11.6 Å². The molecule has 1 unspecified atom stereocenters. The van der Waals surface area contributed by atoms with Crippen LogP contribution in [-0.2, 0) is 12.8 Å². The van der Waals surface area contributed by atoms with Crippen molar-refractivity contribution in [3.63, 3.8) is 0 Å². The van der Waals surface area contributed by atoms with E-state index in [1.807, 2.05) is 6.20 Å². The summed E-state index contributed by atoms with van der Waals surface area (Å²) >= 11 is 0. The molecule has 1 aliphatic heterocycles. The Bertz CT molecular complexity index is 1060. The average Bonchev–Trinajstić information content (AvgIpc) is 3.08. The molecule has 2 aromatic carbocycles. The summed E-state index contributed by atoms with van der Waals surface area (Å²) in [5, 5.41) is 4.33. The Morgan fingerprint density at radius 1 is 1.34 bits per heavy atom. The number of fused-ring (bicyclic) bond motifs is 2. The molecule has 5 nitrogen and oxygen atoms in total. The van der Waals surface area contributed by atoms with Crippen molar-refractivity contribution < 1.29 is 18.3 Å². The van der Waals surface area contributed by atoms with Crippen LogP contribution in [0.3, 0.4) is 0 Å². The molecule has 7 heteroatoms. The smallest absolute Gasteiger partial charge is 0.249 e. The van der Waals surface area contributed by atoms with Gasteiger partial charge >= 0.3 is 0 Å². The summed E-state index contributed by atoms with van der Waals surface area (Å²) in [6.07, 6.45) is 3.17. The van der Waals surface area contributed by atoms with Gasteiger partial charge < -0.3 is 20.8 Å². The van der Waals surface area contributed by atoms with Crippen LogP contribution in [0.15, 0.2) is 36.5 Å². The first-order chi connectivity index (χ1) is 13.9. The Balaban J connectivity index is 1.40. The molecule has 1 amide bonds. The number of hydrogen-bond acceptors (Lipinski definition) is 3. The fourth-order valence-corrected chi connectivity index (χ4v) is 3.94. The lowest BCUT2D eigenvalue weighted by Gasteiger charge is -2.28. The van der Waals surface area contributed by atoms with Crippen LogP contribution in [-0.4, -0.2) is 30.1 Å². The van der Waals surface area contributed by atoms with Gasteiger partial charge in [-0.1, -0.05) is 6.92 Å². The molecule has 152 valence electrons. The molecule has 0 bridgehead atoms. The van der Waals surface area contributed by atoms with E-state index in [2.05, 4.69) is 17.2 Å². The third kappa shape index (κ3) is 3.96. The standard InChI is InChI=1S/C22H23F2N3O2/c1-12(6-13-10-27-20-5-2-14(23)7-17(13)20)9-26-15-8-18-16(22(25)28)3-4-19(24)21(18)29-11-15/h2-5,7,10,12,15,26-27H,6,8-9,11H2,1H3,(H2,25,28)/t12?,15-/m1/s1. The Hall–Kier alpha value is -2.93. The molecule has 2 atom stereocenters. The number of halogens is 2. The molecule has 0 radical (unpaired) electrons. The summed E-state index contributed by atoms with van der Waals surface area (Å²) in [7, 11) is 0. The van der Waals surface area contributed by atoms with Gasteiger partial charge in [0.25, 0.3) is 0 Å². The average molecular weight is 399 g/mol. The molecule has 1 aromatic heterocycles. The van der Waals surface area contributed by atoms with E-state index in [0.29, 0.717) is 30.7 Å². The molecule has 4 rings (SSSR count). The number of H-pyrrole nitrogens is 1. The van der Waals surface area contributed by atoms with Gasteiger partial charge in [-0.15, -0.1) is 0 Å². The maximum absolute atomic E-state index is 14.0. The summed E-state index contributed by atoms with van der Waals surface area (Å²) in [6.45, 7) is 3.13. The minimum atomic E-state index is -0.592. The van der Waals surface area contributed by atoms with Crippen molar-refractivity contribution in [1.29, 1.82) is 0 Å². The highest BCUT2D eigenvalue weighted by atomic mass is 19.1. The SMILES string of the molecule is CC(CN[C@H]1COc2c(F)ccc(C(N)=O)c2C1)Cc1c[nH]c2ccc(F)cc12. The maximum Gasteiger partial charge on any atom is 0.249 e. The molecule has 0 spiro atoms. The van der Waals surface area contributed by atoms with Gasteiger partial charge in [-0.2, -0.15) is 0 Å². The van der Waals surface area contributed by atoms with Gasteiger partial charge in [-0.05, 0) is 61.2 Å². The summed E-state index contributed by atoms with van der Waals surface area (Å²) in [4.78, 5) is 14.8. The predicted octanol–water partition coefficient (Wildman–Crippen LogP) is 3.32. The van der Waals surface area contributed by atoms with E-state index >= 15 is 0 Å². The zero-order valence-corrected chi connectivity index (χ0v) is 16.1. The second-order valence-electron chi connectivity index (χ2n) is 7.70. The van der Waals surface area contributed by atoms with Gasteiger partial charge in [0.2, 0.25) is 5.91 Å². The fraction of sp³-hybridized carbons (Fsp3) is 0.318. The van der Waals surface area contributed by atoms with Crippen molar-refractivity contribution in [2.75, 3.05) is 13.2 Å². The number of hydrogen-bond donors (Lipinski definition) is 3. The number of aromatic nitrogens is 1. The highest BCUT2D eigenvalue weighted by Gasteiger charge is 2.27. The lowest BCUT2D eigenvalue weighted by Crippen LogP contribution is -2.42. The summed E-state index contributed by atoms with van der Waals surface area (Å²) in [5.74, 6) is -0.927. The Kier molecular flexibility index (Phi) is 5.24. The zero-order valence-electron chi connectivity index (χ0n) is 16.1. The minimum absolute atomic E-state index is 0.0507.